The van der Waals surface area contributed by atoms with E-state index in [4.69, 9.17) is 9.47 Å². The first-order valence-electron chi connectivity index (χ1n) is 9.25. The molecule has 0 aromatic heterocycles. The van der Waals surface area contributed by atoms with E-state index in [9.17, 15) is 8.42 Å². The molecule has 0 bridgehead atoms. The van der Waals surface area contributed by atoms with Gasteiger partial charge in [-0.25, -0.2) is 13.1 Å². The van der Waals surface area contributed by atoms with Crippen LogP contribution in [0.5, 0.6) is 5.75 Å². The molecule has 0 amide bonds. The largest absolute Gasteiger partial charge is 0.493 e. The van der Waals surface area contributed by atoms with Crippen LogP contribution in [0.2, 0.25) is 0 Å². The van der Waals surface area contributed by atoms with Crippen molar-refractivity contribution in [2.24, 2.45) is 0 Å². The van der Waals surface area contributed by atoms with Gasteiger partial charge in [-0.05, 0) is 36.6 Å². The van der Waals surface area contributed by atoms with Crippen LogP contribution in [0.1, 0.15) is 18.4 Å². The van der Waals surface area contributed by atoms with Gasteiger partial charge in [0, 0.05) is 56.3 Å². The minimum atomic E-state index is -3.54. The maximum absolute atomic E-state index is 12.9. The minimum Gasteiger partial charge on any atom is -0.493 e. The van der Waals surface area contributed by atoms with Crippen molar-refractivity contribution in [2.75, 3.05) is 51.0 Å². The molecule has 1 aromatic rings. The van der Waals surface area contributed by atoms with Crippen LogP contribution in [0.25, 0.3) is 0 Å². The zero-order chi connectivity index (χ0) is 18.0. The van der Waals surface area contributed by atoms with Crippen molar-refractivity contribution in [3.8, 4) is 5.75 Å². The third kappa shape index (κ3) is 3.75. The Labute approximate surface area is 159 Å². The summed E-state index contributed by atoms with van der Waals surface area (Å²) in [4.78, 5) is 2.81. The molecule has 3 aliphatic rings. The molecule has 6 nitrogen and oxygen atoms in total. The first-order chi connectivity index (χ1) is 12.6. The Morgan fingerprint density at radius 1 is 1.15 bits per heavy atom. The molecule has 0 unspecified atom stereocenters. The van der Waals surface area contributed by atoms with Crippen molar-refractivity contribution in [1.82, 2.24) is 9.62 Å². The Morgan fingerprint density at radius 3 is 2.69 bits per heavy atom. The molecule has 3 aliphatic heterocycles. The van der Waals surface area contributed by atoms with E-state index in [-0.39, 0.29) is 5.54 Å². The van der Waals surface area contributed by atoms with E-state index in [0.717, 1.165) is 55.2 Å². The number of nitrogens with one attached hydrogen (secondary N) is 1. The summed E-state index contributed by atoms with van der Waals surface area (Å²) in [5.41, 5.74) is 0.841. The Hall–Kier alpha value is -0.800. The van der Waals surface area contributed by atoms with Crippen LogP contribution in [0.3, 0.4) is 0 Å². The van der Waals surface area contributed by atoms with Gasteiger partial charge >= 0.3 is 0 Å². The normalized spacial score (nSPS) is 23.4. The Morgan fingerprint density at radius 2 is 1.92 bits per heavy atom. The monoisotopic (exact) mass is 398 g/mol. The van der Waals surface area contributed by atoms with Crippen LogP contribution in [-0.4, -0.2) is 69.8 Å². The lowest BCUT2D eigenvalue weighted by Gasteiger charge is -2.47. The van der Waals surface area contributed by atoms with Gasteiger partial charge in [-0.2, -0.15) is 11.8 Å². The summed E-state index contributed by atoms with van der Waals surface area (Å²) >= 11 is 1.97. The average Bonchev–Trinajstić information content (AvgIpc) is 3.16. The van der Waals surface area contributed by atoms with Crippen LogP contribution >= 0.6 is 11.8 Å². The number of hydrogen-bond donors (Lipinski definition) is 1. The lowest BCUT2D eigenvalue weighted by molar-refractivity contribution is -0.0218. The maximum atomic E-state index is 12.9. The van der Waals surface area contributed by atoms with Gasteiger partial charge in [0.25, 0.3) is 0 Å². The van der Waals surface area contributed by atoms with Crippen molar-refractivity contribution in [1.29, 1.82) is 0 Å². The van der Waals surface area contributed by atoms with Crippen molar-refractivity contribution < 1.29 is 17.9 Å². The number of fused-ring (bicyclic) bond motifs is 1. The maximum Gasteiger partial charge on any atom is 0.240 e. The number of rotatable bonds is 5. The SMILES string of the molecule is O=S(=O)(NCC1(N2CCSCC2)CCOCC1)c1ccc2c(c1)CCO2. The molecule has 0 spiro atoms. The summed E-state index contributed by atoms with van der Waals surface area (Å²) in [5.74, 6) is 3.02. The molecule has 2 saturated heterocycles. The van der Waals surface area contributed by atoms with Gasteiger partial charge < -0.3 is 9.47 Å². The highest BCUT2D eigenvalue weighted by Crippen LogP contribution is 2.31. The second-order valence-electron chi connectivity index (χ2n) is 7.13. The van der Waals surface area contributed by atoms with Gasteiger partial charge in [0.05, 0.1) is 11.5 Å². The summed E-state index contributed by atoms with van der Waals surface area (Å²) in [5, 5.41) is 0. The average molecular weight is 399 g/mol. The van der Waals surface area contributed by atoms with Crippen molar-refractivity contribution in [3.05, 3.63) is 23.8 Å². The van der Waals surface area contributed by atoms with Crippen LogP contribution in [0, 0.1) is 0 Å². The number of ether oxygens (including phenoxy) is 2. The van der Waals surface area contributed by atoms with Crippen LogP contribution in [-0.2, 0) is 21.2 Å². The smallest absolute Gasteiger partial charge is 0.240 e. The fraction of sp³-hybridized carbons (Fsp3) is 0.667. The number of hydrogen-bond acceptors (Lipinski definition) is 6. The molecule has 3 heterocycles. The summed E-state index contributed by atoms with van der Waals surface area (Å²) in [7, 11) is -3.54. The van der Waals surface area contributed by atoms with Gasteiger partial charge in [0.2, 0.25) is 10.0 Å². The lowest BCUT2D eigenvalue weighted by atomic mass is 9.88. The third-order valence-corrected chi connectivity index (χ3v) is 8.01. The molecule has 1 aromatic carbocycles. The molecular formula is C18H26N2O4S2. The van der Waals surface area contributed by atoms with Gasteiger partial charge in [-0.3, -0.25) is 4.90 Å². The van der Waals surface area contributed by atoms with E-state index in [1.54, 1.807) is 18.2 Å². The number of sulfonamides is 1. The summed E-state index contributed by atoms with van der Waals surface area (Å²) in [6, 6.07) is 5.16. The van der Waals surface area contributed by atoms with E-state index >= 15 is 0 Å². The third-order valence-electron chi connectivity index (χ3n) is 5.67. The second-order valence-corrected chi connectivity index (χ2v) is 10.1. The van der Waals surface area contributed by atoms with E-state index in [1.165, 1.54) is 0 Å². The van der Waals surface area contributed by atoms with Gasteiger partial charge in [0.15, 0.2) is 0 Å². The van der Waals surface area contributed by atoms with Gasteiger partial charge in [-0.1, -0.05) is 0 Å². The molecule has 26 heavy (non-hydrogen) atoms. The van der Waals surface area contributed by atoms with Crippen LogP contribution in [0.15, 0.2) is 23.1 Å². The summed E-state index contributed by atoms with van der Waals surface area (Å²) in [6.07, 6.45) is 2.52. The predicted octanol–water partition coefficient (Wildman–Crippen LogP) is 1.50. The topological polar surface area (TPSA) is 67.9 Å². The molecule has 0 radical (unpaired) electrons. The number of benzene rings is 1. The number of thioether (sulfide) groups is 1. The highest BCUT2D eigenvalue weighted by atomic mass is 32.2. The standard InChI is InChI=1S/C18H26N2O4S2/c21-26(22,16-1-2-17-15(13-16)3-8-24-17)19-14-18(4-9-23-10-5-18)20-6-11-25-12-7-20/h1-2,13,19H,3-12,14H2. The Balaban J connectivity index is 1.51. The molecule has 0 atom stereocenters. The summed E-state index contributed by atoms with van der Waals surface area (Å²) < 4.78 is 39.7. The first kappa shape index (κ1) is 18.6. The molecule has 2 fully saturated rings. The van der Waals surface area contributed by atoms with E-state index < -0.39 is 10.0 Å². The second kappa shape index (κ2) is 7.67. The highest BCUT2D eigenvalue weighted by molar-refractivity contribution is 7.99. The highest BCUT2D eigenvalue weighted by Gasteiger charge is 2.40. The van der Waals surface area contributed by atoms with Gasteiger partial charge in [-0.15, -0.1) is 0 Å². The molecular weight excluding hydrogens is 372 g/mol. The number of nitrogens with zero attached hydrogens (tertiary/aromatic N) is 1. The Kier molecular flexibility index (Phi) is 5.48. The van der Waals surface area contributed by atoms with Crippen LogP contribution in [0.4, 0.5) is 0 Å². The molecule has 0 saturated carbocycles. The predicted molar refractivity (Wildman–Crippen MR) is 103 cm³/mol. The van der Waals surface area contributed by atoms with Crippen molar-refractivity contribution in [3.63, 3.8) is 0 Å². The molecule has 0 aliphatic carbocycles. The zero-order valence-electron chi connectivity index (χ0n) is 14.9. The fourth-order valence-electron chi connectivity index (χ4n) is 4.04. The minimum absolute atomic E-state index is 0.133. The fourth-order valence-corrected chi connectivity index (χ4v) is 6.11. The summed E-state index contributed by atoms with van der Waals surface area (Å²) in [6.45, 7) is 4.49. The lowest BCUT2D eigenvalue weighted by Crippen LogP contribution is -2.60. The molecule has 4 rings (SSSR count). The van der Waals surface area contributed by atoms with E-state index in [2.05, 4.69) is 9.62 Å². The first-order valence-corrected chi connectivity index (χ1v) is 11.9. The van der Waals surface area contributed by atoms with E-state index in [1.807, 2.05) is 11.8 Å². The van der Waals surface area contributed by atoms with E-state index in [0.29, 0.717) is 31.3 Å². The van der Waals surface area contributed by atoms with Crippen LogP contribution < -0.4 is 9.46 Å². The molecule has 8 heteroatoms. The molecule has 144 valence electrons. The molecule has 1 N–H and O–H groups in total. The van der Waals surface area contributed by atoms with Gasteiger partial charge in [0.1, 0.15) is 5.75 Å². The van der Waals surface area contributed by atoms with Crippen molar-refractivity contribution >= 4 is 21.8 Å². The Bertz CT molecular complexity index is 742. The quantitative estimate of drug-likeness (QED) is 0.811. The zero-order valence-corrected chi connectivity index (χ0v) is 16.5. The van der Waals surface area contributed by atoms with Crippen molar-refractivity contribution in [2.45, 2.75) is 29.7 Å².